The number of carboxylic acids is 1. The van der Waals surface area contributed by atoms with Gasteiger partial charge in [0.1, 0.15) is 5.92 Å². The second-order valence-corrected chi connectivity index (χ2v) is 6.14. The smallest absolute Gasteiger partial charge is 0.316 e. The molecule has 18 heavy (non-hydrogen) atoms. The molecule has 1 amide bonds. The minimum Gasteiger partial charge on any atom is -0.481 e. The van der Waals surface area contributed by atoms with Crippen LogP contribution in [0.15, 0.2) is 0 Å². The van der Waals surface area contributed by atoms with Gasteiger partial charge >= 0.3 is 5.97 Å². The summed E-state index contributed by atoms with van der Waals surface area (Å²) in [4.78, 5) is 25.2. The Morgan fingerprint density at radius 2 is 1.78 bits per heavy atom. The molecule has 0 aromatic rings. The van der Waals surface area contributed by atoms with Crippen LogP contribution >= 0.6 is 0 Å². The Morgan fingerprint density at radius 1 is 1.28 bits per heavy atom. The standard InChI is InChI=1S/C13H26N2O3/c1-9(7-8-15(5)6)14-11(16)10(12(17)18)13(2,3)4/h9-10H,7-8H2,1-6H3,(H,14,16)(H,17,18). The molecule has 0 rings (SSSR count). The Labute approximate surface area is 110 Å². The van der Waals surface area contributed by atoms with Gasteiger partial charge in [-0.05, 0) is 39.4 Å². The van der Waals surface area contributed by atoms with Gasteiger partial charge in [0.05, 0.1) is 0 Å². The molecule has 0 saturated carbocycles. The molecule has 0 heterocycles. The van der Waals surface area contributed by atoms with Crippen molar-refractivity contribution in [1.82, 2.24) is 10.2 Å². The van der Waals surface area contributed by atoms with Gasteiger partial charge in [-0.1, -0.05) is 20.8 Å². The zero-order valence-electron chi connectivity index (χ0n) is 12.3. The van der Waals surface area contributed by atoms with Gasteiger partial charge in [0, 0.05) is 6.04 Å². The fourth-order valence-corrected chi connectivity index (χ4v) is 1.73. The molecule has 0 radical (unpaired) electrons. The first kappa shape index (κ1) is 16.9. The molecular formula is C13H26N2O3. The van der Waals surface area contributed by atoms with Crippen molar-refractivity contribution in [3.8, 4) is 0 Å². The minimum atomic E-state index is -1.07. The fraction of sp³-hybridized carbons (Fsp3) is 0.846. The maximum absolute atomic E-state index is 12.0. The van der Waals surface area contributed by atoms with E-state index in [0.717, 1.165) is 13.0 Å². The predicted molar refractivity (Wildman–Crippen MR) is 71.4 cm³/mol. The summed E-state index contributed by atoms with van der Waals surface area (Å²) in [5.41, 5.74) is -0.586. The van der Waals surface area contributed by atoms with Crippen molar-refractivity contribution < 1.29 is 14.7 Å². The van der Waals surface area contributed by atoms with Crippen molar-refractivity contribution in [1.29, 1.82) is 0 Å². The number of nitrogens with one attached hydrogen (secondary N) is 1. The lowest BCUT2D eigenvalue weighted by atomic mass is 9.80. The van der Waals surface area contributed by atoms with Crippen molar-refractivity contribution in [3.63, 3.8) is 0 Å². The largest absolute Gasteiger partial charge is 0.481 e. The Balaban J connectivity index is 4.49. The molecule has 0 fully saturated rings. The highest BCUT2D eigenvalue weighted by Crippen LogP contribution is 2.26. The molecule has 5 nitrogen and oxygen atoms in total. The summed E-state index contributed by atoms with van der Waals surface area (Å²) in [5, 5.41) is 11.9. The van der Waals surface area contributed by atoms with E-state index in [9.17, 15) is 9.59 Å². The fourth-order valence-electron chi connectivity index (χ4n) is 1.73. The number of nitrogens with zero attached hydrogens (tertiary/aromatic N) is 1. The topological polar surface area (TPSA) is 69.6 Å². The first-order chi connectivity index (χ1) is 8.05. The van der Waals surface area contributed by atoms with Crippen LogP contribution in [0.2, 0.25) is 0 Å². The lowest BCUT2D eigenvalue weighted by Gasteiger charge is -2.27. The summed E-state index contributed by atoms with van der Waals surface area (Å²) < 4.78 is 0. The van der Waals surface area contributed by atoms with Crippen LogP contribution < -0.4 is 5.32 Å². The molecule has 2 N–H and O–H groups in total. The maximum Gasteiger partial charge on any atom is 0.316 e. The van der Waals surface area contributed by atoms with Crippen LogP contribution in [0, 0.1) is 11.3 Å². The van der Waals surface area contributed by atoms with E-state index >= 15 is 0 Å². The molecule has 0 saturated heterocycles. The van der Waals surface area contributed by atoms with Crippen LogP contribution in [0.3, 0.4) is 0 Å². The third-order valence-corrected chi connectivity index (χ3v) is 2.77. The number of hydrogen-bond acceptors (Lipinski definition) is 3. The lowest BCUT2D eigenvalue weighted by Crippen LogP contribution is -2.46. The van der Waals surface area contributed by atoms with E-state index in [4.69, 9.17) is 5.11 Å². The van der Waals surface area contributed by atoms with Gasteiger partial charge in [-0.3, -0.25) is 9.59 Å². The summed E-state index contributed by atoms with van der Waals surface area (Å²) in [5.74, 6) is -2.49. The van der Waals surface area contributed by atoms with Crippen LogP contribution in [-0.2, 0) is 9.59 Å². The number of rotatable bonds is 6. The number of carbonyl (C=O) groups is 2. The highest BCUT2D eigenvalue weighted by atomic mass is 16.4. The summed E-state index contributed by atoms with van der Waals surface area (Å²) in [6.07, 6.45) is 0.801. The first-order valence-electron chi connectivity index (χ1n) is 6.23. The second kappa shape index (κ2) is 6.73. The van der Waals surface area contributed by atoms with Gasteiger partial charge in [0.15, 0.2) is 0 Å². The van der Waals surface area contributed by atoms with Crippen molar-refractivity contribution >= 4 is 11.9 Å². The quantitative estimate of drug-likeness (QED) is 0.702. The summed E-state index contributed by atoms with van der Waals surface area (Å²) in [7, 11) is 3.92. The molecule has 0 spiro atoms. The van der Waals surface area contributed by atoms with E-state index in [1.54, 1.807) is 20.8 Å². The molecule has 0 aliphatic rings. The molecule has 2 unspecified atom stereocenters. The van der Waals surface area contributed by atoms with E-state index in [0.29, 0.717) is 0 Å². The number of carbonyl (C=O) groups excluding carboxylic acids is 1. The van der Waals surface area contributed by atoms with Crippen LogP contribution in [0.4, 0.5) is 0 Å². The Kier molecular flexibility index (Phi) is 6.32. The number of hydrogen-bond donors (Lipinski definition) is 2. The van der Waals surface area contributed by atoms with Crippen molar-refractivity contribution in [2.75, 3.05) is 20.6 Å². The normalized spacial score (nSPS) is 15.3. The SMILES string of the molecule is CC(CCN(C)C)NC(=O)C(C(=O)O)C(C)(C)C. The van der Waals surface area contributed by atoms with Crippen LogP contribution in [-0.4, -0.2) is 48.6 Å². The van der Waals surface area contributed by atoms with Crippen molar-refractivity contribution in [2.24, 2.45) is 11.3 Å². The van der Waals surface area contributed by atoms with Gasteiger partial charge in [-0.15, -0.1) is 0 Å². The van der Waals surface area contributed by atoms with Gasteiger partial charge in [-0.25, -0.2) is 0 Å². The van der Waals surface area contributed by atoms with Crippen LogP contribution in [0.25, 0.3) is 0 Å². The summed E-state index contributed by atoms with van der Waals surface area (Å²) >= 11 is 0. The molecule has 0 aromatic heterocycles. The van der Waals surface area contributed by atoms with E-state index in [2.05, 4.69) is 5.32 Å². The highest BCUT2D eigenvalue weighted by Gasteiger charge is 2.37. The molecule has 0 aliphatic heterocycles. The highest BCUT2D eigenvalue weighted by molar-refractivity contribution is 5.97. The molecular weight excluding hydrogens is 232 g/mol. The zero-order valence-corrected chi connectivity index (χ0v) is 12.3. The van der Waals surface area contributed by atoms with Crippen molar-refractivity contribution in [2.45, 2.75) is 40.2 Å². The average molecular weight is 258 g/mol. The zero-order chi connectivity index (χ0) is 14.5. The molecule has 0 aliphatic carbocycles. The summed E-state index contributed by atoms with van der Waals surface area (Å²) in [6, 6.07) is -0.0240. The Bertz CT molecular complexity index is 295. The third kappa shape index (κ3) is 6.00. The van der Waals surface area contributed by atoms with E-state index < -0.39 is 23.2 Å². The van der Waals surface area contributed by atoms with Gasteiger partial charge in [0.2, 0.25) is 5.91 Å². The van der Waals surface area contributed by atoms with Gasteiger partial charge in [-0.2, -0.15) is 0 Å². The van der Waals surface area contributed by atoms with E-state index in [1.807, 2.05) is 25.9 Å². The summed E-state index contributed by atoms with van der Waals surface area (Å²) in [6.45, 7) is 8.03. The lowest BCUT2D eigenvalue weighted by molar-refractivity contribution is -0.151. The number of carboxylic acid groups (broad SMARTS) is 1. The van der Waals surface area contributed by atoms with Gasteiger partial charge < -0.3 is 15.3 Å². The van der Waals surface area contributed by atoms with Crippen LogP contribution in [0.1, 0.15) is 34.1 Å². The van der Waals surface area contributed by atoms with Gasteiger partial charge in [0.25, 0.3) is 0 Å². The third-order valence-electron chi connectivity index (χ3n) is 2.77. The average Bonchev–Trinajstić information content (AvgIpc) is 2.11. The second-order valence-electron chi connectivity index (χ2n) is 6.14. The minimum absolute atomic E-state index is 0.0240. The Hall–Kier alpha value is -1.10. The van der Waals surface area contributed by atoms with Crippen LogP contribution in [0.5, 0.6) is 0 Å². The molecule has 5 heteroatoms. The predicted octanol–water partition coefficient (Wildman–Crippen LogP) is 1.19. The maximum atomic E-state index is 12.0. The molecule has 106 valence electrons. The van der Waals surface area contributed by atoms with E-state index in [1.165, 1.54) is 0 Å². The van der Waals surface area contributed by atoms with E-state index in [-0.39, 0.29) is 6.04 Å². The number of amides is 1. The molecule has 0 bridgehead atoms. The monoisotopic (exact) mass is 258 g/mol. The first-order valence-corrected chi connectivity index (χ1v) is 6.23. The van der Waals surface area contributed by atoms with Crippen molar-refractivity contribution in [3.05, 3.63) is 0 Å². The molecule has 2 atom stereocenters. The Morgan fingerprint density at radius 3 is 2.11 bits per heavy atom. The molecule has 0 aromatic carbocycles. The number of aliphatic carboxylic acids is 1.